The Labute approximate surface area is 117 Å². The Morgan fingerprint density at radius 2 is 2.15 bits per heavy atom. The number of hydrogen-bond acceptors (Lipinski definition) is 4. The quantitative estimate of drug-likeness (QED) is 0.701. The molecule has 1 heterocycles. The van der Waals surface area contributed by atoms with E-state index in [1.807, 2.05) is 24.3 Å². The summed E-state index contributed by atoms with van der Waals surface area (Å²) in [6.07, 6.45) is -0.415. The number of carboxylic acid groups (broad SMARTS) is 1. The van der Waals surface area contributed by atoms with Crippen molar-refractivity contribution in [2.45, 2.75) is 25.1 Å². The lowest BCUT2D eigenvalue weighted by Crippen LogP contribution is -2.50. The highest BCUT2D eigenvalue weighted by molar-refractivity contribution is 5.83. The summed E-state index contributed by atoms with van der Waals surface area (Å²) in [5.41, 5.74) is 2.34. The molecule has 1 aromatic carbocycles. The number of rotatable bonds is 5. The summed E-state index contributed by atoms with van der Waals surface area (Å²) in [6, 6.07) is 7.62. The van der Waals surface area contributed by atoms with Crippen LogP contribution in [0.15, 0.2) is 24.3 Å². The SMILES string of the molecule is COC(CNC(=O)C1Cc2ccccc2CN1)C(=O)O. The highest BCUT2D eigenvalue weighted by Gasteiger charge is 2.25. The average Bonchev–Trinajstić information content (AvgIpc) is 2.46. The summed E-state index contributed by atoms with van der Waals surface area (Å²) in [7, 11) is 1.31. The normalized spacial score (nSPS) is 18.9. The van der Waals surface area contributed by atoms with Gasteiger partial charge in [-0.05, 0) is 17.5 Å². The third-order valence-corrected chi connectivity index (χ3v) is 3.42. The predicted octanol–water partition coefficient (Wildman–Crippen LogP) is -0.0833. The maximum atomic E-state index is 12.0. The highest BCUT2D eigenvalue weighted by Crippen LogP contribution is 2.16. The minimum absolute atomic E-state index is 0.0372. The summed E-state index contributed by atoms with van der Waals surface area (Å²) < 4.78 is 4.77. The van der Waals surface area contributed by atoms with Crippen LogP contribution in [0, 0.1) is 0 Å². The summed E-state index contributed by atoms with van der Waals surface area (Å²) in [4.78, 5) is 22.8. The van der Waals surface area contributed by atoms with E-state index in [0.717, 1.165) is 5.56 Å². The minimum Gasteiger partial charge on any atom is -0.479 e. The van der Waals surface area contributed by atoms with Crippen LogP contribution in [-0.4, -0.2) is 42.8 Å². The molecule has 108 valence electrons. The molecule has 1 aromatic rings. The third kappa shape index (κ3) is 3.34. The number of carboxylic acids is 1. The van der Waals surface area contributed by atoms with Crippen LogP contribution in [0.1, 0.15) is 11.1 Å². The second-order valence-corrected chi connectivity index (χ2v) is 4.71. The van der Waals surface area contributed by atoms with E-state index >= 15 is 0 Å². The maximum absolute atomic E-state index is 12.0. The Bertz CT molecular complexity index is 504. The van der Waals surface area contributed by atoms with E-state index in [1.54, 1.807) is 0 Å². The van der Waals surface area contributed by atoms with E-state index in [2.05, 4.69) is 10.6 Å². The van der Waals surface area contributed by atoms with Gasteiger partial charge in [0.2, 0.25) is 5.91 Å². The van der Waals surface area contributed by atoms with Crippen LogP contribution in [0.25, 0.3) is 0 Å². The highest BCUT2D eigenvalue weighted by atomic mass is 16.5. The Kier molecular flexibility index (Phi) is 4.70. The van der Waals surface area contributed by atoms with Crippen molar-refractivity contribution in [3.8, 4) is 0 Å². The van der Waals surface area contributed by atoms with Crippen LogP contribution in [0.2, 0.25) is 0 Å². The second-order valence-electron chi connectivity index (χ2n) is 4.71. The molecule has 0 aliphatic carbocycles. The smallest absolute Gasteiger partial charge is 0.334 e. The van der Waals surface area contributed by atoms with Gasteiger partial charge in [-0.1, -0.05) is 24.3 Å². The zero-order valence-electron chi connectivity index (χ0n) is 11.3. The molecule has 3 N–H and O–H groups in total. The second kappa shape index (κ2) is 6.49. The maximum Gasteiger partial charge on any atom is 0.334 e. The molecule has 20 heavy (non-hydrogen) atoms. The molecule has 2 atom stereocenters. The molecule has 0 spiro atoms. The van der Waals surface area contributed by atoms with Gasteiger partial charge in [0.05, 0.1) is 12.6 Å². The molecule has 6 nitrogen and oxygen atoms in total. The molecular weight excluding hydrogens is 260 g/mol. The fraction of sp³-hybridized carbons (Fsp3) is 0.429. The van der Waals surface area contributed by atoms with Gasteiger partial charge in [0, 0.05) is 13.7 Å². The molecule has 0 aromatic heterocycles. The van der Waals surface area contributed by atoms with Crippen LogP contribution in [0.4, 0.5) is 0 Å². The number of nitrogens with one attached hydrogen (secondary N) is 2. The fourth-order valence-electron chi connectivity index (χ4n) is 2.23. The van der Waals surface area contributed by atoms with E-state index in [4.69, 9.17) is 9.84 Å². The molecule has 0 saturated heterocycles. The van der Waals surface area contributed by atoms with E-state index in [0.29, 0.717) is 13.0 Å². The van der Waals surface area contributed by atoms with Crippen molar-refractivity contribution >= 4 is 11.9 Å². The molecule has 0 bridgehead atoms. The summed E-state index contributed by atoms with van der Waals surface area (Å²) in [5.74, 6) is -1.29. The number of carbonyl (C=O) groups excluding carboxylic acids is 1. The summed E-state index contributed by atoms with van der Waals surface area (Å²) >= 11 is 0. The molecule has 2 rings (SSSR count). The van der Waals surface area contributed by atoms with E-state index < -0.39 is 12.1 Å². The summed E-state index contributed by atoms with van der Waals surface area (Å²) in [6.45, 7) is 0.603. The van der Waals surface area contributed by atoms with Gasteiger partial charge in [-0.15, -0.1) is 0 Å². The zero-order valence-corrected chi connectivity index (χ0v) is 11.3. The standard InChI is InChI=1S/C14H18N2O4/c1-20-12(14(18)19)8-16-13(17)11-6-9-4-2-3-5-10(9)7-15-11/h2-5,11-12,15H,6-8H2,1H3,(H,16,17)(H,18,19). The lowest BCUT2D eigenvalue weighted by molar-refractivity contribution is -0.148. The van der Waals surface area contributed by atoms with E-state index in [-0.39, 0.29) is 18.5 Å². The van der Waals surface area contributed by atoms with Gasteiger partial charge < -0.3 is 20.5 Å². The van der Waals surface area contributed by atoms with Crippen molar-refractivity contribution < 1.29 is 19.4 Å². The van der Waals surface area contributed by atoms with Crippen molar-refractivity contribution in [2.75, 3.05) is 13.7 Å². The van der Waals surface area contributed by atoms with Crippen molar-refractivity contribution in [2.24, 2.45) is 0 Å². The van der Waals surface area contributed by atoms with Gasteiger partial charge >= 0.3 is 5.97 Å². The van der Waals surface area contributed by atoms with Crippen molar-refractivity contribution in [3.63, 3.8) is 0 Å². The first-order valence-electron chi connectivity index (χ1n) is 6.45. The molecular formula is C14H18N2O4. The van der Waals surface area contributed by atoms with Crippen molar-refractivity contribution in [3.05, 3.63) is 35.4 Å². The largest absolute Gasteiger partial charge is 0.479 e. The van der Waals surface area contributed by atoms with Gasteiger partial charge in [-0.25, -0.2) is 4.79 Å². The Morgan fingerprint density at radius 1 is 1.45 bits per heavy atom. The van der Waals surface area contributed by atoms with Gasteiger partial charge in [-0.3, -0.25) is 4.79 Å². The van der Waals surface area contributed by atoms with Crippen LogP contribution >= 0.6 is 0 Å². The lowest BCUT2D eigenvalue weighted by Gasteiger charge is -2.25. The van der Waals surface area contributed by atoms with Crippen LogP contribution < -0.4 is 10.6 Å². The van der Waals surface area contributed by atoms with Crippen molar-refractivity contribution in [1.82, 2.24) is 10.6 Å². The average molecular weight is 278 g/mol. The van der Waals surface area contributed by atoms with Crippen LogP contribution in [-0.2, 0) is 27.3 Å². The first kappa shape index (κ1) is 14.5. The van der Waals surface area contributed by atoms with E-state index in [1.165, 1.54) is 12.7 Å². The number of aliphatic carboxylic acids is 1. The zero-order chi connectivity index (χ0) is 14.5. The molecule has 1 aliphatic rings. The Morgan fingerprint density at radius 3 is 2.80 bits per heavy atom. The molecule has 0 saturated carbocycles. The Balaban J connectivity index is 1.90. The molecule has 0 fully saturated rings. The van der Waals surface area contributed by atoms with E-state index in [9.17, 15) is 9.59 Å². The first-order chi connectivity index (χ1) is 9.61. The number of hydrogen-bond donors (Lipinski definition) is 3. The number of amides is 1. The first-order valence-corrected chi connectivity index (χ1v) is 6.45. The number of methoxy groups -OCH3 is 1. The van der Waals surface area contributed by atoms with Crippen LogP contribution in [0.5, 0.6) is 0 Å². The number of ether oxygens (including phenoxy) is 1. The minimum atomic E-state index is -1.09. The lowest BCUT2D eigenvalue weighted by atomic mass is 9.95. The monoisotopic (exact) mass is 278 g/mol. The molecule has 0 radical (unpaired) electrons. The van der Waals surface area contributed by atoms with Gasteiger partial charge in [0.25, 0.3) is 0 Å². The molecule has 2 unspecified atom stereocenters. The third-order valence-electron chi connectivity index (χ3n) is 3.42. The number of fused-ring (bicyclic) bond motifs is 1. The topological polar surface area (TPSA) is 87.7 Å². The van der Waals surface area contributed by atoms with Crippen molar-refractivity contribution in [1.29, 1.82) is 0 Å². The molecule has 1 aliphatic heterocycles. The number of benzene rings is 1. The molecule has 1 amide bonds. The van der Waals surface area contributed by atoms with Gasteiger partial charge in [-0.2, -0.15) is 0 Å². The Hall–Kier alpha value is -1.92. The van der Waals surface area contributed by atoms with Gasteiger partial charge in [0.15, 0.2) is 6.10 Å². The summed E-state index contributed by atoms with van der Waals surface area (Å²) in [5, 5.41) is 14.6. The fourth-order valence-corrected chi connectivity index (χ4v) is 2.23. The van der Waals surface area contributed by atoms with Gasteiger partial charge in [0.1, 0.15) is 0 Å². The molecule has 6 heteroatoms. The van der Waals surface area contributed by atoms with Crippen LogP contribution in [0.3, 0.4) is 0 Å². The number of carbonyl (C=O) groups is 2. The predicted molar refractivity (Wildman–Crippen MR) is 72.2 cm³/mol.